The standard InChI is InChI=1S/C38H20N4S/c39-21-23-12-15-33-28(18-23)26-6-1-3-8-31(26)41(33)25-14-17-36-30(20-25)38-35(10-5-11-37(38)43-36)42-32-9-4-2-7-27(32)29-19-24(22-40)13-16-34(29)42/h1-20H. The number of aromatic nitrogens is 2. The Labute approximate surface area is 250 Å². The quantitative estimate of drug-likeness (QED) is 0.210. The molecule has 0 saturated heterocycles. The zero-order chi connectivity index (χ0) is 28.7. The van der Waals surface area contributed by atoms with Crippen LogP contribution in [-0.4, -0.2) is 9.13 Å². The van der Waals surface area contributed by atoms with Crippen LogP contribution in [0.3, 0.4) is 0 Å². The van der Waals surface area contributed by atoms with Crippen molar-refractivity contribution in [1.29, 1.82) is 10.5 Å². The monoisotopic (exact) mass is 564 g/mol. The van der Waals surface area contributed by atoms with Gasteiger partial charge in [-0.05, 0) is 78.9 Å². The van der Waals surface area contributed by atoms with Gasteiger partial charge in [-0.15, -0.1) is 11.3 Å². The molecule has 3 aromatic heterocycles. The molecule has 0 N–H and O–H groups in total. The van der Waals surface area contributed by atoms with Gasteiger partial charge < -0.3 is 9.13 Å². The second-order valence-corrected chi connectivity index (χ2v) is 11.9. The fourth-order valence-electron chi connectivity index (χ4n) is 6.74. The number of nitrogens with zero attached hydrogens (tertiary/aromatic N) is 4. The molecule has 43 heavy (non-hydrogen) atoms. The summed E-state index contributed by atoms with van der Waals surface area (Å²) in [6.45, 7) is 0. The molecule has 6 aromatic carbocycles. The van der Waals surface area contributed by atoms with Crippen molar-refractivity contribution in [3.8, 4) is 23.5 Å². The van der Waals surface area contributed by atoms with Crippen LogP contribution in [0.5, 0.6) is 0 Å². The molecule has 0 bridgehead atoms. The Balaban J connectivity index is 1.37. The van der Waals surface area contributed by atoms with Crippen molar-refractivity contribution in [3.63, 3.8) is 0 Å². The Bertz CT molecular complexity index is 2710. The van der Waals surface area contributed by atoms with E-state index in [0.717, 1.165) is 55.0 Å². The molecule has 0 fully saturated rings. The van der Waals surface area contributed by atoms with Crippen LogP contribution in [0.2, 0.25) is 0 Å². The molecule has 9 rings (SSSR count). The molecular weight excluding hydrogens is 545 g/mol. The summed E-state index contributed by atoms with van der Waals surface area (Å²) in [7, 11) is 0. The van der Waals surface area contributed by atoms with E-state index in [1.54, 1.807) is 11.3 Å². The number of rotatable bonds is 2. The minimum atomic E-state index is 0.660. The third kappa shape index (κ3) is 3.29. The first-order valence-corrected chi connectivity index (χ1v) is 14.9. The van der Waals surface area contributed by atoms with E-state index in [2.05, 4.69) is 118 Å². The van der Waals surface area contributed by atoms with Crippen LogP contribution in [0, 0.1) is 22.7 Å². The van der Waals surface area contributed by atoms with E-state index in [0.29, 0.717) is 11.1 Å². The van der Waals surface area contributed by atoms with Crippen LogP contribution in [0.25, 0.3) is 75.2 Å². The Morgan fingerprint density at radius 1 is 0.465 bits per heavy atom. The van der Waals surface area contributed by atoms with Crippen LogP contribution >= 0.6 is 11.3 Å². The topological polar surface area (TPSA) is 57.4 Å². The molecule has 0 amide bonds. The third-order valence-electron chi connectivity index (χ3n) is 8.56. The summed E-state index contributed by atoms with van der Waals surface area (Å²) in [6, 6.07) is 46.6. The minimum Gasteiger partial charge on any atom is -0.309 e. The van der Waals surface area contributed by atoms with Gasteiger partial charge in [-0.3, -0.25) is 0 Å². The number of thiophene rings is 1. The Hall–Kier alpha value is -5.88. The first-order chi connectivity index (χ1) is 21.2. The molecule has 0 atom stereocenters. The molecule has 0 saturated carbocycles. The molecule has 0 aliphatic heterocycles. The van der Waals surface area contributed by atoms with Crippen molar-refractivity contribution in [2.24, 2.45) is 0 Å². The molecule has 9 aromatic rings. The molecular formula is C38H20N4S. The van der Waals surface area contributed by atoms with Gasteiger partial charge in [0.05, 0.1) is 51.0 Å². The molecule has 0 unspecified atom stereocenters. The summed E-state index contributed by atoms with van der Waals surface area (Å²) >= 11 is 1.81. The van der Waals surface area contributed by atoms with Gasteiger partial charge in [-0.25, -0.2) is 0 Å². The smallest absolute Gasteiger partial charge is 0.0991 e. The highest BCUT2D eigenvalue weighted by atomic mass is 32.1. The first kappa shape index (κ1) is 23.8. The number of hydrogen-bond acceptors (Lipinski definition) is 3. The summed E-state index contributed by atoms with van der Waals surface area (Å²) in [5.41, 5.74) is 7.92. The van der Waals surface area contributed by atoms with E-state index >= 15 is 0 Å². The largest absolute Gasteiger partial charge is 0.309 e. The van der Waals surface area contributed by atoms with Gasteiger partial charge in [0.15, 0.2) is 0 Å². The zero-order valence-electron chi connectivity index (χ0n) is 22.7. The van der Waals surface area contributed by atoms with Crippen LogP contribution in [0.4, 0.5) is 0 Å². The lowest BCUT2D eigenvalue weighted by Crippen LogP contribution is -1.95. The number of nitriles is 2. The van der Waals surface area contributed by atoms with E-state index in [9.17, 15) is 10.5 Å². The van der Waals surface area contributed by atoms with Gasteiger partial charge in [0.2, 0.25) is 0 Å². The van der Waals surface area contributed by atoms with Crippen LogP contribution in [0.15, 0.2) is 121 Å². The highest BCUT2D eigenvalue weighted by Crippen LogP contribution is 2.42. The maximum absolute atomic E-state index is 9.62. The van der Waals surface area contributed by atoms with E-state index in [-0.39, 0.29) is 0 Å². The number of para-hydroxylation sites is 2. The predicted octanol–water partition coefficient (Wildman–Crippen LogP) is 9.99. The molecule has 3 heterocycles. The molecule has 0 aliphatic carbocycles. The third-order valence-corrected chi connectivity index (χ3v) is 9.70. The number of benzene rings is 6. The number of hydrogen-bond donors (Lipinski definition) is 0. The predicted molar refractivity (Wildman–Crippen MR) is 177 cm³/mol. The van der Waals surface area contributed by atoms with E-state index < -0.39 is 0 Å². The van der Waals surface area contributed by atoms with E-state index in [1.165, 1.54) is 20.2 Å². The molecule has 198 valence electrons. The van der Waals surface area contributed by atoms with E-state index in [1.807, 2.05) is 24.3 Å². The van der Waals surface area contributed by atoms with Gasteiger partial charge in [0, 0.05) is 47.4 Å². The Kier molecular flexibility index (Phi) is 4.87. The summed E-state index contributed by atoms with van der Waals surface area (Å²) in [5.74, 6) is 0. The van der Waals surface area contributed by atoms with Gasteiger partial charge in [0.1, 0.15) is 0 Å². The highest BCUT2D eigenvalue weighted by Gasteiger charge is 2.19. The van der Waals surface area contributed by atoms with Crippen molar-refractivity contribution in [3.05, 3.63) is 132 Å². The lowest BCUT2D eigenvalue weighted by atomic mass is 10.1. The Morgan fingerprint density at radius 2 is 1.07 bits per heavy atom. The van der Waals surface area contributed by atoms with Crippen LogP contribution < -0.4 is 0 Å². The summed E-state index contributed by atoms with van der Waals surface area (Å²) in [5, 5.41) is 26.0. The first-order valence-electron chi connectivity index (χ1n) is 14.1. The Morgan fingerprint density at radius 3 is 1.74 bits per heavy atom. The fraction of sp³-hybridized carbons (Fsp3) is 0. The molecule has 5 heteroatoms. The van der Waals surface area contributed by atoms with Crippen LogP contribution in [0.1, 0.15) is 11.1 Å². The average molecular weight is 565 g/mol. The van der Waals surface area contributed by atoms with Crippen molar-refractivity contribution in [1.82, 2.24) is 9.13 Å². The SMILES string of the molecule is N#Cc1ccc2c(c1)c1ccccc1n2-c1ccc2sc3cccc(-n4c5ccccc5c5cc(C#N)ccc54)c3c2c1. The maximum atomic E-state index is 9.62. The average Bonchev–Trinajstić information content (AvgIpc) is 3.71. The van der Waals surface area contributed by atoms with Crippen molar-refractivity contribution < 1.29 is 0 Å². The summed E-state index contributed by atoms with van der Waals surface area (Å²) in [6.07, 6.45) is 0. The molecule has 0 radical (unpaired) electrons. The fourth-order valence-corrected chi connectivity index (χ4v) is 7.85. The van der Waals surface area contributed by atoms with Crippen molar-refractivity contribution in [2.45, 2.75) is 0 Å². The van der Waals surface area contributed by atoms with Crippen molar-refractivity contribution >= 4 is 75.1 Å². The minimum absolute atomic E-state index is 0.660. The molecule has 4 nitrogen and oxygen atoms in total. The second-order valence-electron chi connectivity index (χ2n) is 10.8. The normalized spacial score (nSPS) is 11.7. The lowest BCUT2D eigenvalue weighted by Gasteiger charge is -2.11. The van der Waals surface area contributed by atoms with Gasteiger partial charge in [-0.2, -0.15) is 10.5 Å². The van der Waals surface area contributed by atoms with Gasteiger partial charge in [-0.1, -0.05) is 42.5 Å². The summed E-state index contributed by atoms with van der Waals surface area (Å²) < 4.78 is 7.11. The number of fused-ring (bicyclic) bond motifs is 9. The van der Waals surface area contributed by atoms with Gasteiger partial charge in [0.25, 0.3) is 0 Å². The second kappa shape index (κ2) is 8.81. The van der Waals surface area contributed by atoms with Crippen LogP contribution in [-0.2, 0) is 0 Å². The maximum Gasteiger partial charge on any atom is 0.0991 e. The van der Waals surface area contributed by atoms with E-state index in [4.69, 9.17) is 0 Å². The lowest BCUT2D eigenvalue weighted by molar-refractivity contribution is 1.18. The molecule has 0 spiro atoms. The molecule has 0 aliphatic rings. The highest BCUT2D eigenvalue weighted by molar-refractivity contribution is 7.25. The van der Waals surface area contributed by atoms with Gasteiger partial charge >= 0.3 is 0 Å². The van der Waals surface area contributed by atoms with Crippen molar-refractivity contribution in [2.75, 3.05) is 0 Å². The summed E-state index contributed by atoms with van der Waals surface area (Å²) in [4.78, 5) is 0. The zero-order valence-corrected chi connectivity index (χ0v) is 23.6.